The minimum atomic E-state index is -3.69. The van der Waals surface area contributed by atoms with E-state index in [1.165, 1.54) is 11.4 Å². The highest BCUT2D eigenvalue weighted by Gasteiger charge is 2.29. The van der Waals surface area contributed by atoms with Crippen molar-refractivity contribution in [3.05, 3.63) is 59.7 Å². The normalized spacial score (nSPS) is 16.7. The topological polar surface area (TPSA) is 81.2 Å². The van der Waals surface area contributed by atoms with Crippen LogP contribution in [0.4, 0.5) is 10.5 Å². The molecule has 9 heteroatoms. The lowest BCUT2D eigenvalue weighted by Crippen LogP contribution is -2.53. The summed E-state index contributed by atoms with van der Waals surface area (Å²) in [6.45, 7) is 5.56. The molecule has 0 radical (unpaired) electrons. The number of hydrogen-bond acceptors (Lipinski definition) is 4. The Bertz CT molecular complexity index is 1100. The van der Waals surface area contributed by atoms with Crippen LogP contribution < -0.4 is 4.31 Å². The van der Waals surface area contributed by atoms with Gasteiger partial charge in [-0.05, 0) is 56.2 Å². The number of amides is 3. The van der Waals surface area contributed by atoms with Gasteiger partial charge in [-0.15, -0.1) is 0 Å². The number of anilines is 1. The molecule has 2 aromatic carbocycles. The highest BCUT2D eigenvalue weighted by Crippen LogP contribution is 2.23. The first-order valence-corrected chi connectivity index (χ1v) is 12.7. The Hall–Kier alpha value is -3.07. The second-order valence-corrected chi connectivity index (χ2v) is 10.6. The standard InChI is InChI=1S/C24H30N4O4S/c1-19-5-11-22(12-6-19)33(31,32)25(2)21-9-7-20(8-10-21)23(29)26-15-17-28(18-16-26)24(30)27-13-3-4-14-27/h5-12H,3-4,13-18H2,1-2H3. The molecule has 2 saturated heterocycles. The van der Waals surface area contributed by atoms with Gasteiger partial charge in [0, 0.05) is 51.9 Å². The number of carbonyl (C=O) groups excluding carboxylic acids is 2. The molecule has 2 aliphatic rings. The maximum Gasteiger partial charge on any atom is 0.320 e. The summed E-state index contributed by atoms with van der Waals surface area (Å²) < 4.78 is 27.0. The monoisotopic (exact) mass is 470 g/mol. The molecule has 2 heterocycles. The van der Waals surface area contributed by atoms with E-state index in [4.69, 9.17) is 0 Å². The van der Waals surface area contributed by atoms with Crippen LogP contribution in [0.15, 0.2) is 53.4 Å². The molecule has 0 spiro atoms. The van der Waals surface area contributed by atoms with Gasteiger partial charge in [0.05, 0.1) is 10.6 Å². The van der Waals surface area contributed by atoms with E-state index in [9.17, 15) is 18.0 Å². The Labute approximate surface area is 195 Å². The zero-order chi connectivity index (χ0) is 23.6. The minimum Gasteiger partial charge on any atom is -0.335 e. The largest absolute Gasteiger partial charge is 0.335 e. The molecule has 0 unspecified atom stereocenters. The van der Waals surface area contributed by atoms with E-state index in [-0.39, 0.29) is 16.8 Å². The van der Waals surface area contributed by atoms with Crippen LogP contribution in [-0.4, -0.2) is 81.4 Å². The SMILES string of the molecule is Cc1ccc(S(=O)(=O)N(C)c2ccc(C(=O)N3CCN(C(=O)N4CCCC4)CC3)cc2)cc1. The number of nitrogens with zero attached hydrogens (tertiary/aromatic N) is 4. The molecule has 0 atom stereocenters. The molecule has 4 rings (SSSR count). The van der Waals surface area contributed by atoms with E-state index >= 15 is 0 Å². The van der Waals surface area contributed by atoms with E-state index in [0.717, 1.165) is 31.5 Å². The summed E-state index contributed by atoms with van der Waals surface area (Å²) >= 11 is 0. The van der Waals surface area contributed by atoms with Gasteiger partial charge in [0.2, 0.25) is 0 Å². The maximum atomic E-state index is 12.9. The summed E-state index contributed by atoms with van der Waals surface area (Å²) in [5.74, 6) is -0.112. The molecule has 2 aliphatic heterocycles. The average Bonchev–Trinajstić information content (AvgIpc) is 3.38. The lowest BCUT2D eigenvalue weighted by atomic mass is 10.1. The smallest absolute Gasteiger partial charge is 0.320 e. The average molecular weight is 471 g/mol. The van der Waals surface area contributed by atoms with Crippen molar-refractivity contribution in [2.75, 3.05) is 50.6 Å². The summed E-state index contributed by atoms with van der Waals surface area (Å²) in [7, 11) is -2.18. The van der Waals surface area contributed by atoms with E-state index < -0.39 is 10.0 Å². The number of sulfonamides is 1. The fraction of sp³-hybridized carbons (Fsp3) is 0.417. The van der Waals surface area contributed by atoms with Gasteiger partial charge in [-0.1, -0.05) is 17.7 Å². The van der Waals surface area contributed by atoms with Gasteiger partial charge < -0.3 is 14.7 Å². The third-order valence-corrected chi connectivity index (χ3v) is 8.17. The second kappa shape index (κ2) is 9.43. The molecule has 0 aliphatic carbocycles. The number of urea groups is 1. The first-order valence-electron chi connectivity index (χ1n) is 11.3. The molecule has 0 bridgehead atoms. The van der Waals surface area contributed by atoms with Crippen LogP contribution >= 0.6 is 0 Å². The predicted molar refractivity (Wildman–Crippen MR) is 127 cm³/mol. The van der Waals surface area contributed by atoms with Crippen LogP contribution in [0.5, 0.6) is 0 Å². The van der Waals surface area contributed by atoms with Gasteiger partial charge in [-0.25, -0.2) is 13.2 Å². The summed E-state index contributed by atoms with van der Waals surface area (Å²) in [5.41, 5.74) is 1.97. The molecule has 33 heavy (non-hydrogen) atoms. The molecular formula is C24H30N4O4S. The van der Waals surface area contributed by atoms with Gasteiger partial charge in [-0.3, -0.25) is 9.10 Å². The van der Waals surface area contributed by atoms with Crippen molar-refractivity contribution in [1.82, 2.24) is 14.7 Å². The number of carbonyl (C=O) groups is 2. The van der Waals surface area contributed by atoms with Crippen LogP contribution in [0, 0.1) is 6.92 Å². The third kappa shape index (κ3) is 4.83. The van der Waals surface area contributed by atoms with Crippen molar-refractivity contribution < 1.29 is 18.0 Å². The molecule has 0 aromatic heterocycles. The number of likely N-dealkylation sites (tertiary alicyclic amines) is 1. The Balaban J connectivity index is 1.38. The van der Waals surface area contributed by atoms with E-state index in [0.29, 0.717) is 37.4 Å². The maximum absolute atomic E-state index is 12.9. The zero-order valence-electron chi connectivity index (χ0n) is 19.1. The van der Waals surface area contributed by atoms with Crippen LogP contribution in [0.1, 0.15) is 28.8 Å². The first kappa shape index (κ1) is 23.1. The van der Waals surface area contributed by atoms with E-state index in [1.807, 2.05) is 16.7 Å². The van der Waals surface area contributed by atoms with Crippen molar-refractivity contribution in [3.8, 4) is 0 Å². The third-order valence-electron chi connectivity index (χ3n) is 6.37. The summed E-state index contributed by atoms with van der Waals surface area (Å²) in [4.78, 5) is 31.2. The summed E-state index contributed by atoms with van der Waals surface area (Å²) in [5, 5.41) is 0. The highest BCUT2D eigenvalue weighted by atomic mass is 32.2. The highest BCUT2D eigenvalue weighted by molar-refractivity contribution is 7.92. The van der Waals surface area contributed by atoms with E-state index in [2.05, 4.69) is 0 Å². The Morgan fingerprint density at radius 3 is 1.85 bits per heavy atom. The number of aryl methyl sites for hydroxylation is 1. The number of hydrogen-bond donors (Lipinski definition) is 0. The molecular weight excluding hydrogens is 440 g/mol. The zero-order valence-corrected chi connectivity index (χ0v) is 19.9. The minimum absolute atomic E-state index is 0.0711. The van der Waals surface area contributed by atoms with Gasteiger partial charge in [0.25, 0.3) is 15.9 Å². The van der Waals surface area contributed by atoms with Gasteiger partial charge in [-0.2, -0.15) is 0 Å². The molecule has 8 nitrogen and oxygen atoms in total. The number of piperazine rings is 1. The summed E-state index contributed by atoms with van der Waals surface area (Å²) in [6.07, 6.45) is 2.11. The van der Waals surface area contributed by atoms with Crippen LogP contribution in [0.3, 0.4) is 0 Å². The van der Waals surface area contributed by atoms with Crippen LogP contribution in [0.25, 0.3) is 0 Å². The molecule has 2 fully saturated rings. The Kier molecular flexibility index (Phi) is 6.60. The van der Waals surface area contributed by atoms with Gasteiger partial charge >= 0.3 is 6.03 Å². The Morgan fingerprint density at radius 2 is 1.27 bits per heavy atom. The summed E-state index contributed by atoms with van der Waals surface area (Å²) in [6, 6.07) is 13.4. The molecule has 3 amide bonds. The number of benzene rings is 2. The van der Waals surface area contributed by atoms with Crippen molar-refractivity contribution in [2.24, 2.45) is 0 Å². The van der Waals surface area contributed by atoms with Crippen LogP contribution in [0.2, 0.25) is 0 Å². The lowest BCUT2D eigenvalue weighted by molar-refractivity contribution is 0.0645. The molecule has 0 saturated carbocycles. The quantitative estimate of drug-likeness (QED) is 0.688. The van der Waals surface area contributed by atoms with Crippen molar-refractivity contribution in [2.45, 2.75) is 24.7 Å². The molecule has 0 N–H and O–H groups in total. The van der Waals surface area contributed by atoms with Crippen molar-refractivity contribution in [3.63, 3.8) is 0 Å². The van der Waals surface area contributed by atoms with Crippen molar-refractivity contribution >= 4 is 27.6 Å². The van der Waals surface area contributed by atoms with E-state index in [1.54, 1.807) is 53.4 Å². The fourth-order valence-electron chi connectivity index (χ4n) is 4.21. The predicted octanol–water partition coefficient (Wildman–Crippen LogP) is 2.79. The molecule has 176 valence electrons. The second-order valence-electron chi connectivity index (χ2n) is 8.59. The number of rotatable bonds is 4. The van der Waals surface area contributed by atoms with Crippen molar-refractivity contribution in [1.29, 1.82) is 0 Å². The van der Waals surface area contributed by atoms with Crippen LogP contribution in [-0.2, 0) is 10.0 Å². The van der Waals surface area contributed by atoms with Gasteiger partial charge in [0.15, 0.2) is 0 Å². The van der Waals surface area contributed by atoms with Gasteiger partial charge in [0.1, 0.15) is 0 Å². The lowest BCUT2D eigenvalue weighted by Gasteiger charge is -2.36. The Morgan fingerprint density at radius 1 is 0.758 bits per heavy atom. The molecule has 2 aromatic rings. The fourth-order valence-corrected chi connectivity index (χ4v) is 5.41. The first-order chi connectivity index (χ1) is 15.8.